The second-order valence-electron chi connectivity index (χ2n) is 7.39. The molecule has 22 heavy (non-hydrogen) atoms. The summed E-state index contributed by atoms with van der Waals surface area (Å²) in [6.45, 7) is 0.763. The Kier molecular flexibility index (Phi) is 3.99. The zero-order valence-corrected chi connectivity index (χ0v) is 13.0. The number of rotatable bonds is 4. The van der Waals surface area contributed by atoms with Crippen LogP contribution >= 0.6 is 0 Å². The highest BCUT2D eigenvalue weighted by Gasteiger charge is 2.42. The molecule has 120 valence electrons. The van der Waals surface area contributed by atoms with Crippen LogP contribution in [0.1, 0.15) is 50.8 Å². The fraction of sp³-hybridized carbons (Fsp3) is 0.824. The van der Waals surface area contributed by atoms with Crippen LogP contribution in [0.15, 0.2) is 10.9 Å². The Labute approximate surface area is 131 Å². The summed E-state index contributed by atoms with van der Waals surface area (Å²) in [4.78, 5) is 16.7. The number of hydrogen-bond donors (Lipinski definition) is 1. The fourth-order valence-corrected chi connectivity index (χ4v) is 5.10. The van der Waals surface area contributed by atoms with Gasteiger partial charge in [-0.15, -0.1) is 0 Å². The normalized spacial score (nSPS) is 38.4. The molecule has 1 aliphatic heterocycles. The van der Waals surface area contributed by atoms with E-state index < -0.39 is 0 Å². The highest BCUT2D eigenvalue weighted by molar-refractivity contribution is 5.88. The summed E-state index contributed by atoms with van der Waals surface area (Å²) < 4.78 is 4.76. The molecule has 2 saturated carbocycles. The van der Waals surface area contributed by atoms with Crippen molar-refractivity contribution in [3.8, 4) is 0 Å². The number of hydrogen-bond acceptors (Lipinski definition) is 5. The third-order valence-electron chi connectivity index (χ3n) is 6.21. The first kappa shape index (κ1) is 14.4. The first-order valence-electron chi connectivity index (χ1n) is 8.83. The van der Waals surface area contributed by atoms with E-state index in [1.54, 1.807) is 0 Å². The van der Waals surface area contributed by atoms with Gasteiger partial charge in [-0.25, -0.2) is 0 Å². The number of aromatic nitrogens is 2. The second kappa shape index (κ2) is 6.11. The Hall–Kier alpha value is -1.23. The molecule has 5 atom stereocenters. The molecular weight excluding hydrogens is 278 g/mol. The molecule has 5 heteroatoms. The third-order valence-corrected chi connectivity index (χ3v) is 6.21. The van der Waals surface area contributed by atoms with E-state index in [4.69, 9.17) is 4.52 Å². The second-order valence-corrected chi connectivity index (χ2v) is 7.39. The number of carbonyl (C=O) groups is 1. The molecule has 0 radical (unpaired) electrons. The van der Waals surface area contributed by atoms with E-state index >= 15 is 0 Å². The van der Waals surface area contributed by atoms with Crippen molar-refractivity contribution in [2.24, 2.45) is 23.7 Å². The van der Waals surface area contributed by atoms with Crippen LogP contribution in [0.5, 0.6) is 0 Å². The molecule has 0 spiro atoms. The quantitative estimate of drug-likeness (QED) is 0.925. The molecule has 4 unspecified atom stereocenters. The zero-order valence-electron chi connectivity index (χ0n) is 13.0. The van der Waals surface area contributed by atoms with E-state index in [0.29, 0.717) is 18.0 Å². The smallest absolute Gasteiger partial charge is 0.213 e. The minimum atomic E-state index is 0.0196. The van der Waals surface area contributed by atoms with Gasteiger partial charge in [0.05, 0.1) is 6.04 Å². The maximum Gasteiger partial charge on any atom is 0.213 e. The van der Waals surface area contributed by atoms with E-state index in [0.717, 1.165) is 30.7 Å². The van der Waals surface area contributed by atoms with Gasteiger partial charge in [-0.2, -0.15) is 4.98 Å². The van der Waals surface area contributed by atoms with E-state index in [9.17, 15) is 4.79 Å². The molecule has 3 aliphatic rings. The van der Waals surface area contributed by atoms with Gasteiger partial charge in [0.1, 0.15) is 0 Å². The predicted octanol–water partition coefficient (Wildman–Crippen LogP) is 2.38. The molecule has 1 aromatic heterocycles. The highest BCUT2D eigenvalue weighted by Crippen LogP contribution is 2.47. The van der Waals surface area contributed by atoms with Crippen molar-refractivity contribution in [2.45, 2.75) is 57.4 Å². The maximum absolute atomic E-state index is 12.6. The molecule has 1 aromatic rings. The summed E-state index contributed by atoms with van der Waals surface area (Å²) in [6.07, 6.45) is 11.3. The summed E-state index contributed by atoms with van der Waals surface area (Å²) >= 11 is 0. The summed E-state index contributed by atoms with van der Waals surface area (Å²) in [5, 5.41) is 7.29. The van der Waals surface area contributed by atoms with Crippen molar-refractivity contribution in [3.05, 3.63) is 12.2 Å². The van der Waals surface area contributed by atoms with Gasteiger partial charge in [0, 0.05) is 18.9 Å². The van der Waals surface area contributed by atoms with Crippen LogP contribution in [0.2, 0.25) is 0 Å². The van der Waals surface area contributed by atoms with Gasteiger partial charge in [0.2, 0.25) is 6.39 Å². The molecule has 0 amide bonds. The van der Waals surface area contributed by atoms with Crippen LogP contribution in [0.3, 0.4) is 0 Å². The van der Waals surface area contributed by atoms with Crippen molar-refractivity contribution < 1.29 is 9.32 Å². The molecule has 1 N–H and O–H groups in total. The third kappa shape index (κ3) is 2.71. The lowest BCUT2D eigenvalue weighted by atomic mass is 9.76. The molecule has 4 rings (SSSR count). The van der Waals surface area contributed by atoms with Gasteiger partial charge in [-0.3, -0.25) is 4.79 Å². The number of nitrogens with one attached hydrogen (secondary N) is 1. The molecule has 5 nitrogen and oxygen atoms in total. The van der Waals surface area contributed by atoms with Crippen molar-refractivity contribution in [1.82, 2.24) is 15.5 Å². The van der Waals surface area contributed by atoms with Crippen LogP contribution in [0, 0.1) is 23.7 Å². The predicted molar refractivity (Wildman–Crippen MR) is 81.1 cm³/mol. The van der Waals surface area contributed by atoms with Crippen LogP contribution in [-0.4, -0.2) is 28.5 Å². The summed E-state index contributed by atoms with van der Waals surface area (Å²) in [7, 11) is 0. The topological polar surface area (TPSA) is 68.0 Å². The highest BCUT2D eigenvalue weighted by atomic mass is 16.5. The Morgan fingerprint density at radius 3 is 3.00 bits per heavy atom. The SMILES string of the molecule is O=C1C(Cc2ncon2)CN[C@H]1CC1CCC2CCCCC21. The van der Waals surface area contributed by atoms with Gasteiger partial charge in [-0.05, 0) is 43.4 Å². The van der Waals surface area contributed by atoms with Crippen LogP contribution < -0.4 is 5.32 Å². The van der Waals surface area contributed by atoms with Gasteiger partial charge >= 0.3 is 0 Å². The Bertz CT molecular complexity index is 516. The minimum absolute atomic E-state index is 0.0196. The average Bonchev–Trinajstić information content (AvgIpc) is 3.25. The summed E-state index contributed by atoms with van der Waals surface area (Å²) in [5.74, 6) is 3.63. The summed E-state index contributed by atoms with van der Waals surface area (Å²) in [6, 6.07) is 0.0579. The molecular formula is C17H25N3O2. The van der Waals surface area contributed by atoms with Crippen LogP contribution in [0.25, 0.3) is 0 Å². The zero-order chi connectivity index (χ0) is 14.9. The number of carbonyl (C=O) groups excluding carboxylic acids is 1. The first-order valence-corrected chi connectivity index (χ1v) is 8.83. The molecule has 2 aliphatic carbocycles. The Morgan fingerprint density at radius 1 is 1.23 bits per heavy atom. The fourth-order valence-electron chi connectivity index (χ4n) is 5.10. The molecule has 0 aromatic carbocycles. The van der Waals surface area contributed by atoms with Crippen LogP contribution in [0.4, 0.5) is 0 Å². The number of nitrogens with zero attached hydrogens (tertiary/aromatic N) is 2. The lowest BCUT2D eigenvalue weighted by molar-refractivity contribution is -0.122. The van der Waals surface area contributed by atoms with Gasteiger partial charge in [0.15, 0.2) is 11.6 Å². The van der Waals surface area contributed by atoms with Crippen molar-refractivity contribution >= 4 is 5.78 Å². The van der Waals surface area contributed by atoms with Crippen molar-refractivity contribution in [2.75, 3.05) is 6.54 Å². The van der Waals surface area contributed by atoms with Crippen LogP contribution in [-0.2, 0) is 11.2 Å². The number of fused-ring (bicyclic) bond motifs is 1. The Balaban J connectivity index is 1.35. The van der Waals surface area contributed by atoms with E-state index in [1.165, 1.54) is 44.9 Å². The monoisotopic (exact) mass is 303 g/mol. The average molecular weight is 303 g/mol. The molecule has 3 fully saturated rings. The number of Topliss-reactive ketones (excluding diaryl/α,β-unsaturated/α-hetero) is 1. The van der Waals surface area contributed by atoms with Gasteiger partial charge < -0.3 is 9.84 Å². The molecule has 0 bridgehead atoms. The lowest BCUT2D eigenvalue weighted by Crippen LogP contribution is -2.32. The van der Waals surface area contributed by atoms with E-state index in [2.05, 4.69) is 15.5 Å². The van der Waals surface area contributed by atoms with Crippen molar-refractivity contribution in [1.29, 1.82) is 0 Å². The first-order chi connectivity index (χ1) is 10.8. The lowest BCUT2D eigenvalue weighted by Gasteiger charge is -2.30. The molecule has 1 saturated heterocycles. The van der Waals surface area contributed by atoms with E-state index in [-0.39, 0.29) is 12.0 Å². The number of ketones is 1. The maximum atomic E-state index is 12.6. The largest absolute Gasteiger partial charge is 0.343 e. The van der Waals surface area contributed by atoms with E-state index in [1.807, 2.05) is 0 Å². The molecule has 2 heterocycles. The minimum Gasteiger partial charge on any atom is -0.343 e. The van der Waals surface area contributed by atoms with Crippen molar-refractivity contribution in [3.63, 3.8) is 0 Å². The standard InChI is InChI=1S/C17H25N3O2/c21-17-13(8-16-19-10-22-20-16)9-18-15(17)7-12-6-5-11-3-1-2-4-14(11)12/h10-15,18H,1-9H2/t11?,12?,13?,14?,15-/m0/s1. The summed E-state index contributed by atoms with van der Waals surface area (Å²) in [5.41, 5.74) is 0. The Morgan fingerprint density at radius 2 is 2.14 bits per heavy atom. The van der Waals surface area contributed by atoms with Gasteiger partial charge in [0.25, 0.3) is 0 Å². The van der Waals surface area contributed by atoms with Gasteiger partial charge in [-0.1, -0.05) is 24.4 Å².